The molecule has 0 saturated heterocycles. The standard InChI is InChI=1S/C11H19NO3S2/c1-11(2,3)8-17(14,15)12-6-10(13)9-4-5-16-7-9/h4-5,7,10,12-13H,6,8H2,1-3H3. The third-order valence-electron chi connectivity index (χ3n) is 2.05. The summed E-state index contributed by atoms with van der Waals surface area (Å²) in [6.07, 6.45) is -0.781. The fraction of sp³-hybridized carbons (Fsp3) is 0.636. The maximum Gasteiger partial charge on any atom is 0.212 e. The molecule has 1 unspecified atom stereocenters. The highest BCUT2D eigenvalue weighted by Gasteiger charge is 2.22. The number of sulfonamides is 1. The van der Waals surface area contributed by atoms with Gasteiger partial charge in [0.05, 0.1) is 11.9 Å². The molecule has 2 N–H and O–H groups in total. The lowest BCUT2D eigenvalue weighted by Crippen LogP contribution is -2.34. The van der Waals surface area contributed by atoms with Crippen LogP contribution in [-0.4, -0.2) is 25.8 Å². The Hall–Kier alpha value is -0.430. The van der Waals surface area contributed by atoms with Gasteiger partial charge < -0.3 is 5.11 Å². The van der Waals surface area contributed by atoms with Crippen molar-refractivity contribution in [3.05, 3.63) is 22.4 Å². The van der Waals surface area contributed by atoms with Crippen LogP contribution >= 0.6 is 11.3 Å². The van der Waals surface area contributed by atoms with Crippen LogP contribution in [0.1, 0.15) is 32.4 Å². The van der Waals surface area contributed by atoms with E-state index in [-0.39, 0.29) is 17.7 Å². The zero-order valence-corrected chi connectivity index (χ0v) is 11.9. The molecule has 1 aromatic heterocycles. The third-order valence-corrected chi connectivity index (χ3v) is 4.60. The van der Waals surface area contributed by atoms with Crippen molar-refractivity contribution in [2.24, 2.45) is 5.41 Å². The van der Waals surface area contributed by atoms with Crippen LogP contribution in [0, 0.1) is 5.41 Å². The molecule has 0 amide bonds. The lowest BCUT2D eigenvalue weighted by atomic mass is 10.0. The van der Waals surface area contributed by atoms with Crippen molar-refractivity contribution < 1.29 is 13.5 Å². The Balaban J connectivity index is 2.51. The third kappa shape index (κ3) is 5.63. The van der Waals surface area contributed by atoms with Gasteiger partial charge in [0.1, 0.15) is 0 Å². The quantitative estimate of drug-likeness (QED) is 0.861. The van der Waals surface area contributed by atoms with E-state index in [4.69, 9.17) is 0 Å². The Kier molecular flexibility index (Phi) is 4.71. The number of aliphatic hydroxyl groups excluding tert-OH is 1. The Morgan fingerprint density at radius 2 is 2.12 bits per heavy atom. The van der Waals surface area contributed by atoms with Crippen LogP contribution in [0.5, 0.6) is 0 Å². The molecule has 1 atom stereocenters. The summed E-state index contributed by atoms with van der Waals surface area (Å²) < 4.78 is 25.8. The summed E-state index contributed by atoms with van der Waals surface area (Å²) >= 11 is 1.47. The maximum atomic E-state index is 11.7. The first-order chi connectivity index (χ1) is 7.70. The van der Waals surface area contributed by atoms with Gasteiger partial charge in [-0.05, 0) is 27.8 Å². The molecule has 0 aromatic carbocycles. The van der Waals surface area contributed by atoms with Crippen molar-refractivity contribution in [2.75, 3.05) is 12.3 Å². The van der Waals surface area contributed by atoms with E-state index in [1.54, 1.807) is 6.07 Å². The summed E-state index contributed by atoms with van der Waals surface area (Å²) in [5, 5.41) is 13.4. The van der Waals surface area contributed by atoms with E-state index in [0.717, 1.165) is 5.56 Å². The van der Waals surface area contributed by atoms with Gasteiger partial charge in [0.15, 0.2) is 0 Å². The summed E-state index contributed by atoms with van der Waals surface area (Å²) in [7, 11) is -3.33. The van der Waals surface area contributed by atoms with Gasteiger partial charge in [-0.1, -0.05) is 20.8 Å². The molecule has 4 nitrogen and oxygen atoms in total. The predicted octanol–water partition coefficient (Wildman–Crippen LogP) is 1.75. The molecule has 0 aliphatic rings. The monoisotopic (exact) mass is 277 g/mol. The number of nitrogens with one attached hydrogen (secondary N) is 1. The SMILES string of the molecule is CC(C)(C)CS(=O)(=O)NCC(O)c1ccsc1. The average molecular weight is 277 g/mol. The van der Waals surface area contributed by atoms with Crippen LogP contribution in [0.2, 0.25) is 0 Å². The topological polar surface area (TPSA) is 66.4 Å². The fourth-order valence-electron chi connectivity index (χ4n) is 1.41. The molecular formula is C11H19NO3S2. The molecule has 0 saturated carbocycles. The summed E-state index contributed by atoms with van der Waals surface area (Å²) in [5.41, 5.74) is 0.451. The maximum absolute atomic E-state index is 11.7. The predicted molar refractivity (Wildman–Crippen MR) is 70.5 cm³/mol. The summed E-state index contributed by atoms with van der Waals surface area (Å²) in [6, 6.07) is 1.79. The van der Waals surface area contributed by atoms with E-state index in [0.29, 0.717) is 0 Å². The van der Waals surface area contributed by atoms with Crippen LogP contribution in [0.3, 0.4) is 0 Å². The van der Waals surface area contributed by atoms with Crippen molar-refractivity contribution in [2.45, 2.75) is 26.9 Å². The van der Waals surface area contributed by atoms with Gasteiger partial charge in [-0.3, -0.25) is 0 Å². The van der Waals surface area contributed by atoms with E-state index in [2.05, 4.69) is 4.72 Å². The van der Waals surface area contributed by atoms with Crippen LogP contribution in [0.4, 0.5) is 0 Å². The first-order valence-corrected chi connectivity index (χ1v) is 7.97. The van der Waals surface area contributed by atoms with E-state index in [1.807, 2.05) is 31.5 Å². The van der Waals surface area contributed by atoms with Gasteiger partial charge >= 0.3 is 0 Å². The summed E-state index contributed by atoms with van der Waals surface area (Å²) in [5.74, 6) is 0.0519. The molecule has 0 bridgehead atoms. The summed E-state index contributed by atoms with van der Waals surface area (Å²) in [6.45, 7) is 5.61. The lowest BCUT2D eigenvalue weighted by Gasteiger charge is -2.19. The van der Waals surface area contributed by atoms with Crippen molar-refractivity contribution in [3.63, 3.8) is 0 Å². The highest BCUT2D eigenvalue weighted by molar-refractivity contribution is 7.89. The largest absolute Gasteiger partial charge is 0.387 e. The molecule has 0 aliphatic heterocycles. The smallest absolute Gasteiger partial charge is 0.212 e. The summed E-state index contributed by atoms with van der Waals surface area (Å²) in [4.78, 5) is 0. The second kappa shape index (κ2) is 5.48. The minimum atomic E-state index is -3.33. The number of hydrogen-bond acceptors (Lipinski definition) is 4. The lowest BCUT2D eigenvalue weighted by molar-refractivity contribution is 0.182. The van der Waals surface area contributed by atoms with E-state index < -0.39 is 16.1 Å². The first kappa shape index (κ1) is 14.6. The molecule has 1 rings (SSSR count). The minimum absolute atomic E-state index is 0.0230. The second-order valence-corrected chi connectivity index (χ2v) is 7.83. The first-order valence-electron chi connectivity index (χ1n) is 5.37. The zero-order valence-electron chi connectivity index (χ0n) is 10.3. The molecular weight excluding hydrogens is 258 g/mol. The Labute approximate surface area is 107 Å². The van der Waals surface area contributed by atoms with Crippen molar-refractivity contribution in [1.29, 1.82) is 0 Å². The van der Waals surface area contributed by atoms with Crippen LogP contribution in [0.15, 0.2) is 16.8 Å². The minimum Gasteiger partial charge on any atom is -0.387 e. The molecule has 0 spiro atoms. The number of hydrogen-bond donors (Lipinski definition) is 2. The van der Waals surface area contributed by atoms with Gasteiger partial charge in [-0.2, -0.15) is 11.3 Å². The van der Waals surface area contributed by atoms with Gasteiger partial charge in [0, 0.05) is 6.54 Å². The van der Waals surface area contributed by atoms with Gasteiger partial charge in [-0.25, -0.2) is 13.1 Å². The highest BCUT2D eigenvalue weighted by Crippen LogP contribution is 2.17. The van der Waals surface area contributed by atoms with Crippen LogP contribution in [-0.2, 0) is 10.0 Å². The van der Waals surface area contributed by atoms with Crippen LogP contribution < -0.4 is 4.72 Å². The molecule has 17 heavy (non-hydrogen) atoms. The number of thiophene rings is 1. The van der Waals surface area contributed by atoms with Gasteiger partial charge in [0.25, 0.3) is 0 Å². The fourth-order valence-corrected chi connectivity index (χ4v) is 3.77. The van der Waals surface area contributed by atoms with Crippen LogP contribution in [0.25, 0.3) is 0 Å². The normalized spacial score (nSPS) is 14.8. The van der Waals surface area contributed by atoms with Crippen molar-refractivity contribution in [1.82, 2.24) is 4.72 Å². The average Bonchev–Trinajstić information content (AvgIpc) is 2.63. The Bertz CT molecular complexity index is 432. The zero-order chi connectivity index (χ0) is 13.1. The molecule has 98 valence electrons. The Morgan fingerprint density at radius 1 is 1.47 bits per heavy atom. The van der Waals surface area contributed by atoms with Gasteiger partial charge in [0.2, 0.25) is 10.0 Å². The van der Waals surface area contributed by atoms with E-state index >= 15 is 0 Å². The molecule has 1 heterocycles. The van der Waals surface area contributed by atoms with E-state index in [1.165, 1.54) is 11.3 Å². The molecule has 1 aromatic rings. The number of rotatable bonds is 5. The van der Waals surface area contributed by atoms with Gasteiger partial charge in [-0.15, -0.1) is 0 Å². The number of aliphatic hydroxyl groups is 1. The van der Waals surface area contributed by atoms with Crippen molar-refractivity contribution in [3.8, 4) is 0 Å². The molecule has 0 aliphatic carbocycles. The van der Waals surface area contributed by atoms with Crippen molar-refractivity contribution >= 4 is 21.4 Å². The molecule has 0 radical (unpaired) electrons. The van der Waals surface area contributed by atoms with E-state index in [9.17, 15) is 13.5 Å². The molecule has 0 fully saturated rings. The highest BCUT2D eigenvalue weighted by atomic mass is 32.2. The Morgan fingerprint density at radius 3 is 2.59 bits per heavy atom. The second-order valence-electron chi connectivity index (χ2n) is 5.24. The molecule has 6 heteroatoms.